The third-order valence-electron chi connectivity index (χ3n) is 4.48. The number of nitrogens with one attached hydrogen (secondary N) is 2. The summed E-state index contributed by atoms with van der Waals surface area (Å²) < 4.78 is 43.5. The van der Waals surface area contributed by atoms with Crippen LogP contribution in [-0.4, -0.2) is 41.9 Å². The summed E-state index contributed by atoms with van der Waals surface area (Å²) in [5.74, 6) is 1.77. The van der Waals surface area contributed by atoms with Crippen LogP contribution in [-0.2, 0) is 13.1 Å². The highest BCUT2D eigenvalue weighted by atomic mass is 19.4. The number of ether oxygens (including phenoxy) is 1. The van der Waals surface area contributed by atoms with E-state index in [4.69, 9.17) is 4.74 Å². The van der Waals surface area contributed by atoms with Gasteiger partial charge >= 0.3 is 6.18 Å². The quantitative estimate of drug-likeness (QED) is 0.453. The van der Waals surface area contributed by atoms with E-state index in [2.05, 4.69) is 25.2 Å². The molecule has 6 nitrogen and oxygen atoms in total. The van der Waals surface area contributed by atoms with Crippen molar-refractivity contribution in [2.24, 2.45) is 4.99 Å². The van der Waals surface area contributed by atoms with Crippen molar-refractivity contribution in [2.45, 2.75) is 26.2 Å². The Morgan fingerprint density at radius 3 is 2.53 bits per heavy atom. The van der Waals surface area contributed by atoms with Gasteiger partial charge in [-0.05, 0) is 36.8 Å². The van der Waals surface area contributed by atoms with Crippen LogP contribution >= 0.6 is 0 Å². The molecule has 0 aliphatic carbocycles. The molecule has 0 spiro atoms. The Bertz CT molecular complexity index is 996. The summed E-state index contributed by atoms with van der Waals surface area (Å²) >= 11 is 0. The second-order valence-electron chi connectivity index (χ2n) is 6.70. The zero-order valence-electron chi connectivity index (χ0n) is 16.8. The van der Waals surface area contributed by atoms with Crippen molar-refractivity contribution < 1.29 is 17.9 Å². The molecule has 0 saturated carbocycles. The molecular formula is C21H24F3N5O. The van der Waals surface area contributed by atoms with Gasteiger partial charge in [0.25, 0.3) is 0 Å². The molecule has 0 radical (unpaired) electrons. The van der Waals surface area contributed by atoms with E-state index in [1.54, 1.807) is 19.2 Å². The van der Waals surface area contributed by atoms with Crippen molar-refractivity contribution in [1.29, 1.82) is 0 Å². The fourth-order valence-electron chi connectivity index (χ4n) is 3.04. The van der Waals surface area contributed by atoms with Crippen molar-refractivity contribution in [3.8, 4) is 5.75 Å². The summed E-state index contributed by atoms with van der Waals surface area (Å²) in [5, 5.41) is 6.45. The predicted octanol–water partition coefficient (Wildman–Crippen LogP) is 3.65. The Labute approximate surface area is 172 Å². The van der Waals surface area contributed by atoms with Gasteiger partial charge in [0.15, 0.2) is 12.6 Å². The van der Waals surface area contributed by atoms with Gasteiger partial charge in [-0.25, -0.2) is 4.98 Å². The summed E-state index contributed by atoms with van der Waals surface area (Å²) in [6.45, 7) is 2.55. The van der Waals surface area contributed by atoms with Crippen LogP contribution in [0.3, 0.4) is 0 Å². The van der Waals surface area contributed by atoms with Crippen LogP contribution in [0.2, 0.25) is 0 Å². The molecule has 30 heavy (non-hydrogen) atoms. The number of para-hydroxylation sites is 2. The second-order valence-corrected chi connectivity index (χ2v) is 6.70. The number of hydrogen-bond acceptors (Lipinski definition) is 3. The highest BCUT2D eigenvalue weighted by Crippen LogP contribution is 2.19. The van der Waals surface area contributed by atoms with Crippen molar-refractivity contribution in [3.05, 3.63) is 59.9 Å². The van der Waals surface area contributed by atoms with Crippen molar-refractivity contribution in [3.63, 3.8) is 0 Å². The van der Waals surface area contributed by atoms with E-state index in [-0.39, 0.29) is 5.75 Å². The largest absolute Gasteiger partial charge is 0.484 e. The molecule has 0 unspecified atom stereocenters. The van der Waals surface area contributed by atoms with E-state index in [9.17, 15) is 13.2 Å². The molecule has 160 valence electrons. The lowest BCUT2D eigenvalue weighted by atomic mass is 10.2. The molecule has 0 atom stereocenters. The maximum absolute atomic E-state index is 12.2. The molecule has 0 aliphatic heterocycles. The number of aliphatic imine (C=N–C) groups is 1. The molecule has 0 amide bonds. The number of halogens is 3. The molecule has 1 aromatic heterocycles. The smallest absolute Gasteiger partial charge is 0.422 e. The minimum Gasteiger partial charge on any atom is -0.484 e. The Balaban J connectivity index is 1.47. The number of hydrogen-bond donors (Lipinski definition) is 2. The molecule has 0 saturated heterocycles. The van der Waals surface area contributed by atoms with Crippen molar-refractivity contribution >= 4 is 17.0 Å². The number of alkyl halides is 3. The molecule has 0 fully saturated rings. The number of aromatic nitrogens is 2. The number of benzene rings is 2. The summed E-state index contributed by atoms with van der Waals surface area (Å²) in [7, 11) is 1.68. The minimum absolute atomic E-state index is 0.182. The molecule has 2 aromatic carbocycles. The van der Waals surface area contributed by atoms with Crippen LogP contribution < -0.4 is 15.4 Å². The number of aryl methyl sites for hydroxylation is 1. The van der Waals surface area contributed by atoms with Gasteiger partial charge in [0.1, 0.15) is 11.6 Å². The van der Waals surface area contributed by atoms with Gasteiger partial charge in [-0.2, -0.15) is 13.2 Å². The standard InChI is InChI=1S/C21H24F3N5O/c1-15-28-18-5-3-4-6-19(18)29(15)12-11-26-20(25-2)27-13-16-7-9-17(10-8-16)30-14-21(22,23)24/h3-10H,11-14H2,1-2H3,(H2,25,26,27). The normalized spacial score (nSPS) is 12.2. The van der Waals surface area contributed by atoms with Crippen molar-refractivity contribution in [2.75, 3.05) is 20.2 Å². The Hall–Kier alpha value is -3.23. The monoisotopic (exact) mass is 419 g/mol. The number of nitrogens with zero attached hydrogens (tertiary/aromatic N) is 3. The van der Waals surface area contributed by atoms with Gasteiger partial charge in [-0.15, -0.1) is 0 Å². The van der Waals surface area contributed by atoms with Crippen LogP contribution in [0.1, 0.15) is 11.4 Å². The van der Waals surface area contributed by atoms with Gasteiger partial charge in [0.2, 0.25) is 0 Å². The first-order chi connectivity index (χ1) is 14.4. The molecule has 1 heterocycles. The molecule has 0 bridgehead atoms. The van der Waals surface area contributed by atoms with Crippen LogP contribution in [0, 0.1) is 6.92 Å². The Morgan fingerprint density at radius 2 is 1.83 bits per heavy atom. The molecule has 3 rings (SSSR count). The predicted molar refractivity (Wildman–Crippen MR) is 111 cm³/mol. The van der Waals surface area contributed by atoms with Gasteiger partial charge < -0.3 is 19.9 Å². The summed E-state index contributed by atoms with van der Waals surface area (Å²) in [6.07, 6.45) is -4.35. The lowest BCUT2D eigenvalue weighted by Gasteiger charge is -2.14. The van der Waals surface area contributed by atoms with E-state index < -0.39 is 12.8 Å². The minimum atomic E-state index is -4.35. The van der Waals surface area contributed by atoms with Gasteiger partial charge in [-0.1, -0.05) is 24.3 Å². The molecule has 3 aromatic rings. The first-order valence-electron chi connectivity index (χ1n) is 9.50. The average Bonchev–Trinajstić information content (AvgIpc) is 3.04. The fraction of sp³-hybridized carbons (Fsp3) is 0.333. The SMILES string of the molecule is CN=C(NCCn1c(C)nc2ccccc21)NCc1ccc(OCC(F)(F)F)cc1. The van der Waals surface area contributed by atoms with Crippen LogP contribution in [0.15, 0.2) is 53.5 Å². The van der Waals surface area contributed by atoms with Gasteiger partial charge in [0.05, 0.1) is 11.0 Å². The summed E-state index contributed by atoms with van der Waals surface area (Å²) in [6, 6.07) is 14.5. The molecule has 2 N–H and O–H groups in total. The zero-order valence-corrected chi connectivity index (χ0v) is 16.8. The summed E-state index contributed by atoms with van der Waals surface area (Å²) in [5.41, 5.74) is 2.96. The van der Waals surface area contributed by atoms with E-state index in [1.807, 2.05) is 31.2 Å². The first kappa shape index (κ1) is 21.5. The van der Waals surface area contributed by atoms with Crippen LogP contribution in [0.25, 0.3) is 11.0 Å². The number of fused-ring (bicyclic) bond motifs is 1. The first-order valence-corrected chi connectivity index (χ1v) is 9.50. The molecule has 9 heteroatoms. The van der Waals surface area contributed by atoms with Crippen molar-refractivity contribution in [1.82, 2.24) is 20.2 Å². The third-order valence-corrected chi connectivity index (χ3v) is 4.48. The third kappa shape index (κ3) is 5.88. The lowest BCUT2D eigenvalue weighted by molar-refractivity contribution is -0.153. The maximum atomic E-state index is 12.2. The van der Waals surface area contributed by atoms with Gasteiger partial charge in [0, 0.05) is 26.7 Å². The van der Waals surface area contributed by atoms with Crippen LogP contribution in [0.5, 0.6) is 5.75 Å². The topological polar surface area (TPSA) is 63.5 Å². The highest BCUT2D eigenvalue weighted by Gasteiger charge is 2.28. The maximum Gasteiger partial charge on any atom is 0.422 e. The van der Waals surface area contributed by atoms with Gasteiger partial charge in [-0.3, -0.25) is 4.99 Å². The second kappa shape index (κ2) is 9.51. The zero-order chi connectivity index (χ0) is 21.6. The van der Waals surface area contributed by atoms with E-state index >= 15 is 0 Å². The average molecular weight is 419 g/mol. The summed E-state index contributed by atoms with van der Waals surface area (Å²) in [4.78, 5) is 8.76. The van der Waals surface area contributed by atoms with Crippen LogP contribution in [0.4, 0.5) is 13.2 Å². The highest BCUT2D eigenvalue weighted by molar-refractivity contribution is 5.79. The Morgan fingerprint density at radius 1 is 1.10 bits per heavy atom. The molecule has 0 aliphatic rings. The number of imidazole rings is 1. The number of rotatable bonds is 7. The van der Waals surface area contributed by atoms with E-state index in [0.29, 0.717) is 19.0 Å². The molecular weight excluding hydrogens is 395 g/mol. The number of guanidine groups is 1. The lowest BCUT2D eigenvalue weighted by Crippen LogP contribution is -2.38. The van der Waals surface area contributed by atoms with E-state index in [0.717, 1.165) is 29.0 Å². The fourth-order valence-corrected chi connectivity index (χ4v) is 3.04. The van der Waals surface area contributed by atoms with E-state index in [1.165, 1.54) is 12.1 Å². The Kier molecular flexibility index (Phi) is 6.81.